The molecule has 0 fully saturated rings. The molecule has 1 aromatic carbocycles. The number of benzene rings is 1. The van der Waals surface area contributed by atoms with Crippen LogP contribution in [0.2, 0.25) is 5.02 Å². The van der Waals surface area contributed by atoms with Crippen LogP contribution in [0, 0.1) is 6.92 Å². The van der Waals surface area contributed by atoms with E-state index < -0.39 is 17.2 Å². The monoisotopic (exact) mass is 400 g/mol. The van der Waals surface area contributed by atoms with Crippen LogP contribution in [0.3, 0.4) is 0 Å². The summed E-state index contributed by atoms with van der Waals surface area (Å²) in [6.45, 7) is 1.98. The molecule has 2 heterocycles. The van der Waals surface area contributed by atoms with Crippen molar-refractivity contribution in [2.24, 2.45) is 0 Å². The number of rotatable bonds is 6. The van der Waals surface area contributed by atoms with Crippen LogP contribution in [-0.2, 0) is 0 Å². The summed E-state index contributed by atoms with van der Waals surface area (Å²) in [4.78, 5) is 36.3. The van der Waals surface area contributed by atoms with Crippen LogP contribution < -0.4 is 16.1 Å². The van der Waals surface area contributed by atoms with E-state index in [9.17, 15) is 14.4 Å². The number of hydrogen-bond donors (Lipinski definition) is 2. The van der Waals surface area contributed by atoms with Crippen LogP contribution in [0.15, 0.2) is 57.9 Å². The minimum absolute atomic E-state index is 0.117. The zero-order valence-corrected chi connectivity index (χ0v) is 15.7. The first-order chi connectivity index (χ1) is 13.5. The summed E-state index contributed by atoms with van der Waals surface area (Å²) in [5.74, 6) is -0.860. The van der Waals surface area contributed by atoms with Crippen molar-refractivity contribution in [3.63, 3.8) is 0 Å². The second-order valence-electron chi connectivity index (χ2n) is 5.85. The molecule has 0 bridgehead atoms. The number of nitrogens with one attached hydrogen (secondary N) is 2. The molecule has 0 spiro atoms. The van der Waals surface area contributed by atoms with Gasteiger partial charge in [-0.25, -0.2) is 4.68 Å². The Morgan fingerprint density at radius 1 is 1.11 bits per heavy atom. The average molecular weight is 401 g/mol. The lowest BCUT2D eigenvalue weighted by atomic mass is 10.2. The number of amides is 2. The maximum atomic E-state index is 12.4. The minimum atomic E-state index is -0.641. The van der Waals surface area contributed by atoms with Gasteiger partial charge < -0.3 is 15.1 Å². The first-order valence-corrected chi connectivity index (χ1v) is 8.81. The number of aryl methyl sites for hydroxylation is 1. The molecule has 0 radical (unpaired) electrons. The number of hydrogen-bond acceptors (Lipinski definition) is 5. The van der Waals surface area contributed by atoms with Crippen LogP contribution in [0.25, 0.3) is 5.69 Å². The maximum absolute atomic E-state index is 12.4. The number of nitrogens with zero attached hydrogens (tertiary/aromatic N) is 2. The van der Waals surface area contributed by atoms with E-state index in [0.29, 0.717) is 16.4 Å². The van der Waals surface area contributed by atoms with Gasteiger partial charge in [-0.15, -0.1) is 0 Å². The Morgan fingerprint density at radius 3 is 2.50 bits per heavy atom. The van der Waals surface area contributed by atoms with Gasteiger partial charge in [0.1, 0.15) is 0 Å². The van der Waals surface area contributed by atoms with Gasteiger partial charge in [0.25, 0.3) is 11.8 Å². The zero-order chi connectivity index (χ0) is 20.1. The van der Waals surface area contributed by atoms with Crippen molar-refractivity contribution in [1.82, 2.24) is 20.4 Å². The van der Waals surface area contributed by atoms with Crippen molar-refractivity contribution in [2.75, 3.05) is 13.1 Å². The van der Waals surface area contributed by atoms with Gasteiger partial charge in [0, 0.05) is 24.8 Å². The van der Waals surface area contributed by atoms with Gasteiger partial charge in [-0.3, -0.25) is 14.4 Å². The van der Waals surface area contributed by atoms with Crippen LogP contribution in [0.4, 0.5) is 0 Å². The van der Waals surface area contributed by atoms with Crippen LogP contribution in [0.5, 0.6) is 0 Å². The number of halogens is 1. The second-order valence-corrected chi connectivity index (χ2v) is 6.26. The highest BCUT2D eigenvalue weighted by Gasteiger charge is 2.16. The molecule has 8 nitrogen and oxygen atoms in total. The van der Waals surface area contributed by atoms with Gasteiger partial charge in [0.05, 0.1) is 17.0 Å². The van der Waals surface area contributed by atoms with E-state index in [1.54, 1.807) is 37.3 Å². The summed E-state index contributed by atoms with van der Waals surface area (Å²) in [6.07, 6.45) is 1.39. The normalized spacial score (nSPS) is 10.5. The zero-order valence-electron chi connectivity index (χ0n) is 14.9. The molecule has 0 saturated heterocycles. The average Bonchev–Trinajstić information content (AvgIpc) is 3.21. The Balaban J connectivity index is 1.68. The van der Waals surface area contributed by atoms with Gasteiger partial charge in [-0.2, -0.15) is 5.10 Å². The SMILES string of the molecule is Cc1cc(=O)c(C(=O)NCCNC(=O)c2ccco2)nn1-c1ccccc1Cl. The molecule has 2 N–H and O–H groups in total. The van der Waals surface area contributed by atoms with E-state index >= 15 is 0 Å². The Hall–Kier alpha value is -3.39. The molecule has 28 heavy (non-hydrogen) atoms. The fourth-order valence-electron chi connectivity index (χ4n) is 2.50. The molecule has 3 rings (SSSR count). The van der Waals surface area contributed by atoms with Crippen molar-refractivity contribution < 1.29 is 14.0 Å². The molecular formula is C19H17ClN4O4. The minimum Gasteiger partial charge on any atom is -0.459 e. The summed E-state index contributed by atoms with van der Waals surface area (Å²) in [5, 5.41) is 9.75. The quantitative estimate of drug-likeness (QED) is 0.615. The highest BCUT2D eigenvalue weighted by molar-refractivity contribution is 6.32. The van der Waals surface area contributed by atoms with E-state index in [1.807, 2.05) is 0 Å². The largest absolute Gasteiger partial charge is 0.459 e. The van der Waals surface area contributed by atoms with Crippen molar-refractivity contribution in [2.45, 2.75) is 6.92 Å². The molecule has 144 valence electrons. The lowest BCUT2D eigenvalue weighted by molar-refractivity contribution is 0.0908. The van der Waals surface area contributed by atoms with Crippen molar-refractivity contribution in [3.8, 4) is 5.69 Å². The Morgan fingerprint density at radius 2 is 1.82 bits per heavy atom. The lowest BCUT2D eigenvalue weighted by Crippen LogP contribution is -2.37. The Labute approximate surface area is 165 Å². The topological polar surface area (TPSA) is 106 Å². The second kappa shape index (κ2) is 8.53. The van der Waals surface area contributed by atoms with Gasteiger partial charge >= 0.3 is 0 Å². The van der Waals surface area contributed by atoms with Crippen LogP contribution in [-0.4, -0.2) is 34.7 Å². The third-order valence-corrected chi connectivity index (χ3v) is 4.16. The summed E-state index contributed by atoms with van der Waals surface area (Å²) in [6, 6.07) is 11.4. The number of carbonyl (C=O) groups excluding carboxylic acids is 2. The highest BCUT2D eigenvalue weighted by Crippen LogP contribution is 2.19. The number of aromatic nitrogens is 2. The Kier molecular flexibility index (Phi) is 5.90. The Bertz CT molecular complexity index is 1060. The molecular weight excluding hydrogens is 384 g/mol. The molecule has 2 aromatic heterocycles. The standard InChI is InChI=1S/C19H17ClN4O4/c1-12-11-15(25)17(23-24(12)14-6-3-2-5-13(14)20)19(27)22-9-8-21-18(26)16-7-4-10-28-16/h2-7,10-11H,8-9H2,1H3,(H,21,26)(H,22,27). The highest BCUT2D eigenvalue weighted by atomic mass is 35.5. The molecule has 3 aromatic rings. The van der Waals surface area contributed by atoms with E-state index in [1.165, 1.54) is 23.1 Å². The molecule has 0 atom stereocenters. The molecule has 0 saturated carbocycles. The smallest absolute Gasteiger partial charge is 0.287 e. The number of furan rings is 1. The van der Waals surface area contributed by atoms with E-state index in [2.05, 4.69) is 15.7 Å². The third kappa shape index (κ3) is 4.29. The van der Waals surface area contributed by atoms with Crippen LogP contribution in [0.1, 0.15) is 26.7 Å². The predicted molar refractivity (Wildman–Crippen MR) is 103 cm³/mol. The van der Waals surface area contributed by atoms with Gasteiger partial charge in [-0.05, 0) is 31.2 Å². The van der Waals surface area contributed by atoms with Gasteiger partial charge in [0.2, 0.25) is 5.43 Å². The fraction of sp³-hybridized carbons (Fsp3) is 0.158. The molecule has 0 aliphatic rings. The van der Waals surface area contributed by atoms with Gasteiger partial charge in [0.15, 0.2) is 11.5 Å². The molecule has 2 amide bonds. The van der Waals surface area contributed by atoms with Crippen molar-refractivity contribution >= 4 is 23.4 Å². The van der Waals surface area contributed by atoms with E-state index in [0.717, 1.165) is 0 Å². The van der Waals surface area contributed by atoms with Crippen molar-refractivity contribution in [1.29, 1.82) is 0 Å². The molecule has 0 unspecified atom stereocenters. The summed E-state index contributed by atoms with van der Waals surface area (Å²) in [5.41, 5.74) is 0.336. The van der Waals surface area contributed by atoms with E-state index in [-0.39, 0.29) is 24.5 Å². The lowest BCUT2D eigenvalue weighted by Gasteiger charge is -2.12. The van der Waals surface area contributed by atoms with Gasteiger partial charge in [-0.1, -0.05) is 23.7 Å². The van der Waals surface area contributed by atoms with Crippen LogP contribution >= 0.6 is 11.6 Å². The first-order valence-electron chi connectivity index (χ1n) is 8.43. The predicted octanol–water partition coefficient (Wildman–Crippen LogP) is 1.95. The summed E-state index contributed by atoms with van der Waals surface area (Å²) >= 11 is 6.19. The maximum Gasteiger partial charge on any atom is 0.287 e. The van der Waals surface area contributed by atoms with Crippen molar-refractivity contribution in [3.05, 3.63) is 81.1 Å². The third-order valence-electron chi connectivity index (χ3n) is 3.84. The molecule has 9 heteroatoms. The number of para-hydroxylation sites is 1. The molecule has 0 aliphatic heterocycles. The van der Waals surface area contributed by atoms with E-state index in [4.69, 9.17) is 16.0 Å². The number of carbonyl (C=O) groups is 2. The summed E-state index contributed by atoms with van der Waals surface area (Å²) in [7, 11) is 0. The summed E-state index contributed by atoms with van der Waals surface area (Å²) < 4.78 is 6.41. The fourth-order valence-corrected chi connectivity index (χ4v) is 2.72. The molecule has 0 aliphatic carbocycles. The first kappa shape index (κ1) is 19.4.